The fourth-order valence-electron chi connectivity index (χ4n) is 3.92. The van der Waals surface area contributed by atoms with E-state index in [1.165, 1.54) is 17.5 Å². The minimum Gasteiger partial charge on any atom is -0.195 e. The lowest BCUT2D eigenvalue weighted by atomic mass is 9.84. The van der Waals surface area contributed by atoms with Crippen LogP contribution in [0, 0.1) is 29.6 Å². The maximum absolute atomic E-state index is 4.66. The Hall–Kier alpha value is -2.77. The molecule has 1 aliphatic carbocycles. The zero-order valence-corrected chi connectivity index (χ0v) is 22.0. The maximum atomic E-state index is 4.66. The second kappa shape index (κ2) is 10.4. The van der Waals surface area contributed by atoms with Crippen LogP contribution in [0.5, 0.6) is 0 Å². The summed E-state index contributed by atoms with van der Waals surface area (Å²) >= 11 is 4.66. The van der Waals surface area contributed by atoms with E-state index < -0.39 is 0 Å². The van der Waals surface area contributed by atoms with Crippen LogP contribution in [-0.2, 0) is 12.8 Å². The molecule has 153 valence electrons. The number of benzene rings is 3. The molecular formula is C28H18NSSi3. The number of nitrogens with zero attached hydrogens (tertiary/aromatic N) is 1. The first kappa shape index (κ1) is 23.4. The van der Waals surface area contributed by atoms with Gasteiger partial charge in [0.1, 0.15) is 0 Å². The zero-order chi connectivity index (χ0) is 23.4. The van der Waals surface area contributed by atoms with Gasteiger partial charge in [-0.15, -0.1) is 0 Å². The molecule has 4 rings (SSSR count). The molecule has 0 bridgehead atoms. The van der Waals surface area contributed by atoms with E-state index in [0.717, 1.165) is 62.3 Å². The summed E-state index contributed by atoms with van der Waals surface area (Å²) in [7, 11) is 11.2. The molecule has 0 spiro atoms. The highest BCUT2D eigenvalue weighted by Crippen LogP contribution is 2.23. The molecule has 3 aromatic carbocycles. The predicted octanol–water partition coefficient (Wildman–Crippen LogP) is 2.73. The Kier molecular flexibility index (Phi) is 7.40. The summed E-state index contributed by atoms with van der Waals surface area (Å²) in [4.78, 5) is 4.00. The first-order valence-electron chi connectivity index (χ1n) is 10.6. The number of aliphatic imine (C=N–C) groups is 1. The molecule has 0 aliphatic heterocycles. The average molecular weight is 485 g/mol. The van der Waals surface area contributed by atoms with Crippen molar-refractivity contribution in [3.63, 3.8) is 0 Å². The Morgan fingerprint density at radius 2 is 1.48 bits per heavy atom. The van der Waals surface area contributed by atoms with Crippen LogP contribution in [0.25, 0.3) is 0 Å². The van der Waals surface area contributed by atoms with Gasteiger partial charge in [0.25, 0.3) is 0 Å². The maximum Gasteiger partial charge on any atom is 0.0743 e. The quantitative estimate of drug-likeness (QED) is 0.224. The Bertz CT molecular complexity index is 1400. The molecule has 9 radical (unpaired) electrons. The Balaban J connectivity index is 1.53. The van der Waals surface area contributed by atoms with Crippen molar-refractivity contribution in [2.75, 3.05) is 0 Å². The zero-order valence-electron chi connectivity index (χ0n) is 18.2. The Morgan fingerprint density at radius 1 is 0.848 bits per heavy atom. The van der Waals surface area contributed by atoms with Crippen molar-refractivity contribution in [3.05, 3.63) is 81.9 Å². The van der Waals surface area contributed by atoms with Crippen LogP contribution >= 0.6 is 12.2 Å². The van der Waals surface area contributed by atoms with Crippen molar-refractivity contribution in [2.24, 2.45) is 10.9 Å². The number of thiocarbonyl (C=S) groups is 1. The molecule has 0 aromatic heterocycles. The third-order valence-electron chi connectivity index (χ3n) is 5.71. The lowest BCUT2D eigenvalue weighted by Crippen LogP contribution is -2.30. The average Bonchev–Trinajstić information content (AvgIpc) is 2.80. The molecule has 1 unspecified atom stereocenters. The van der Waals surface area contributed by atoms with Gasteiger partial charge < -0.3 is 0 Å². The summed E-state index contributed by atoms with van der Waals surface area (Å²) in [6.45, 7) is 2.32. The highest BCUT2D eigenvalue weighted by Gasteiger charge is 2.19. The van der Waals surface area contributed by atoms with Gasteiger partial charge in [0, 0.05) is 22.3 Å². The van der Waals surface area contributed by atoms with Gasteiger partial charge in [0.2, 0.25) is 0 Å². The molecule has 3 aromatic rings. The highest BCUT2D eigenvalue weighted by atomic mass is 32.1. The summed E-state index contributed by atoms with van der Waals surface area (Å²) in [5, 5.41) is 5.36. The van der Waals surface area contributed by atoms with Crippen molar-refractivity contribution in [3.8, 4) is 23.7 Å². The van der Waals surface area contributed by atoms with Crippen molar-refractivity contribution >= 4 is 69.4 Å². The molecule has 5 heteroatoms. The fourth-order valence-corrected chi connectivity index (χ4v) is 5.28. The molecule has 0 N–H and O–H groups in total. The summed E-state index contributed by atoms with van der Waals surface area (Å²) in [6, 6.07) is 15.9. The van der Waals surface area contributed by atoms with E-state index >= 15 is 0 Å². The summed E-state index contributed by atoms with van der Waals surface area (Å²) in [5.41, 5.74) is 7.34. The van der Waals surface area contributed by atoms with Crippen LogP contribution in [0.3, 0.4) is 0 Å². The summed E-state index contributed by atoms with van der Waals surface area (Å²) < 4.78 is 0. The third-order valence-corrected chi connectivity index (χ3v) is 7.15. The fraction of sp³-hybridized carbons (Fsp3) is 0.179. The van der Waals surface area contributed by atoms with Gasteiger partial charge in [-0.1, -0.05) is 41.9 Å². The smallest absolute Gasteiger partial charge is 0.0743 e. The van der Waals surface area contributed by atoms with E-state index in [1.54, 1.807) is 0 Å². The Labute approximate surface area is 211 Å². The molecular weight excluding hydrogens is 467 g/mol. The second-order valence-electron chi connectivity index (χ2n) is 8.17. The minimum absolute atomic E-state index is 0.735. The van der Waals surface area contributed by atoms with Gasteiger partial charge in [-0.05, 0) is 101 Å². The van der Waals surface area contributed by atoms with Crippen molar-refractivity contribution in [1.29, 1.82) is 0 Å². The third kappa shape index (κ3) is 5.60. The van der Waals surface area contributed by atoms with Crippen LogP contribution in [0.2, 0.25) is 0 Å². The van der Waals surface area contributed by atoms with Crippen LogP contribution < -0.4 is 15.6 Å². The number of hydrogen-bond acceptors (Lipinski definition) is 2. The molecule has 0 amide bonds. The predicted molar refractivity (Wildman–Crippen MR) is 143 cm³/mol. The number of fused-ring (bicyclic) bond motifs is 1. The summed E-state index contributed by atoms with van der Waals surface area (Å²) in [6.07, 6.45) is 3.45. The first-order valence-corrected chi connectivity index (χ1v) is 12.5. The van der Waals surface area contributed by atoms with Gasteiger partial charge in [-0.3, -0.25) is 0 Å². The van der Waals surface area contributed by atoms with Crippen molar-refractivity contribution in [1.82, 2.24) is 0 Å². The molecule has 1 atom stereocenters. The van der Waals surface area contributed by atoms with Gasteiger partial charge in [0.05, 0.1) is 41.6 Å². The highest BCUT2D eigenvalue weighted by molar-refractivity contribution is 7.78. The van der Waals surface area contributed by atoms with E-state index in [9.17, 15) is 0 Å². The molecule has 1 nitrogen and oxygen atoms in total. The van der Waals surface area contributed by atoms with Gasteiger partial charge in [-0.2, -0.15) is 4.99 Å². The van der Waals surface area contributed by atoms with E-state index in [-0.39, 0.29) is 0 Å². The minimum atomic E-state index is 0.735. The molecule has 0 saturated carbocycles. The number of hydrogen-bond donors (Lipinski definition) is 0. The standard InChI is InChI=1S/C28H18NSSi3/c1-18-2-11-23-22(14-18)16-26(31)24(28(23)33)12-9-20-5-3-19(4-6-20)7-8-21-10-13-25(29-17-30)27(32)15-21/h3-6,10,13,15-16,18H,2,11,14H2,1H3. The van der Waals surface area contributed by atoms with E-state index in [0.29, 0.717) is 0 Å². The van der Waals surface area contributed by atoms with Crippen molar-refractivity contribution < 1.29 is 0 Å². The normalized spacial score (nSPS) is 14.1. The first-order chi connectivity index (χ1) is 15.9. The molecule has 0 fully saturated rings. The van der Waals surface area contributed by atoms with Crippen LogP contribution in [-0.4, -0.2) is 35.9 Å². The molecule has 1 aliphatic rings. The molecule has 33 heavy (non-hydrogen) atoms. The SMILES string of the molecule is CC1CCc2c(cc([Si])c(C#Cc3ccc(C#Cc4ccc(N=C=S)c([Si])c4)cc3)c2[Si])C1. The second-order valence-corrected chi connectivity index (χ2v) is 9.93. The van der Waals surface area contributed by atoms with E-state index in [2.05, 4.69) is 89.8 Å². The van der Waals surface area contributed by atoms with Gasteiger partial charge in [-0.25, -0.2) is 0 Å². The van der Waals surface area contributed by atoms with Gasteiger partial charge in [0.15, 0.2) is 0 Å². The number of rotatable bonds is 1. The van der Waals surface area contributed by atoms with Crippen LogP contribution in [0.15, 0.2) is 53.5 Å². The van der Waals surface area contributed by atoms with Gasteiger partial charge >= 0.3 is 0 Å². The largest absolute Gasteiger partial charge is 0.195 e. The monoisotopic (exact) mass is 484 g/mol. The van der Waals surface area contributed by atoms with E-state index in [4.69, 9.17) is 0 Å². The number of isothiocyanates is 1. The molecule has 0 heterocycles. The van der Waals surface area contributed by atoms with Crippen LogP contribution in [0.1, 0.15) is 46.7 Å². The lowest BCUT2D eigenvalue weighted by molar-refractivity contribution is 0.503. The topological polar surface area (TPSA) is 12.4 Å². The van der Waals surface area contributed by atoms with Crippen LogP contribution in [0.4, 0.5) is 5.69 Å². The Morgan fingerprint density at radius 3 is 2.15 bits per heavy atom. The van der Waals surface area contributed by atoms with E-state index in [1.807, 2.05) is 42.5 Å². The molecule has 0 saturated heterocycles. The summed E-state index contributed by atoms with van der Waals surface area (Å²) in [5.74, 6) is 13.7. The van der Waals surface area contributed by atoms with Crippen molar-refractivity contribution in [2.45, 2.75) is 26.2 Å². The lowest BCUT2D eigenvalue weighted by Gasteiger charge is -2.25.